The van der Waals surface area contributed by atoms with Crippen molar-refractivity contribution in [2.75, 3.05) is 11.9 Å². The fourth-order valence-electron chi connectivity index (χ4n) is 1.78. The molecule has 1 amide bonds. The number of hydrogen-bond donors (Lipinski definition) is 1. The molecule has 0 aliphatic heterocycles. The van der Waals surface area contributed by atoms with Gasteiger partial charge in [0.2, 0.25) is 0 Å². The lowest BCUT2D eigenvalue weighted by Crippen LogP contribution is -2.23. The molecule has 0 unspecified atom stereocenters. The molecule has 110 valence electrons. The molecule has 2 N–H and O–H groups in total. The Balaban J connectivity index is 2.33. The zero-order valence-corrected chi connectivity index (χ0v) is 12.3. The Bertz CT molecular complexity index is 700. The van der Waals surface area contributed by atoms with Crippen molar-refractivity contribution in [1.82, 2.24) is 9.97 Å². The zero-order chi connectivity index (χ0) is 15.6. The SMILES string of the molecule is Cc1csc(CN(C)c2ncc([N+](=O)[O-])cc2C(N)=O)n1. The minimum Gasteiger partial charge on any atom is -0.365 e. The molecular weight excluding hydrogens is 294 g/mol. The second kappa shape index (κ2) is 5.83. The Morgan fingerprint density at radius 3 is 2.81 bits per heavy atom. The number of aromatic nitrogens is 2. The van der Waals surface area contributed by atoms with Gasteiger partial charge in [0, 0.05) is 24.2 Å². The molecule has 0 bridgehead atoms. The third-order valence-electron chi connectivity index (χ3n) is 2.73. The number of carbonyl (C=O) groups excluding carboxylic acids is 1. The fraction of sp³-hybridized carbons (Fsp3) is 0.250. The summed E-state index contributed by atoms with van der Waals surface area (Å²) < 4.78 is 0. The molecule has 9 heteroatoms. The minimum atomic E-state index is -0.761. The van der Waals surface area contributed by atoms with Crippen LogP contribution < -0.4 is 10.6 Å². The number of pyridine rings is 1. The maximum atomic E-state index is 11.5. The maximum Gasteiger partial charge on any atom is 0.288 e. The average Bonchev–Trinajstić information content (AvgIpc) is 2.83. The zero-order valence-electron chi connectivity index (χ0n) is 11.4. The molecular formula is C12H13N5O3S. The van der Waals surface area contributed by atoms with E-state index in [9.17, 15) is 14.9 Å². The molecule has 0 aromatic carbocycles. The Morgan fingerprint density at radius 2 is 2.29 bits per heavy atom. The summed E-state index contributed by atoms with van der Waals surface area (Å²) in [6.07, 6.45) is 1.10. The van der Waals surface area contributed by atoms with Gasteiger partial charge in [0.15, 0.2) is 0 Å². The Labute approximate surface area is 124 Å². The second-order valence-electron chi connectivity index (χ2n) is 4.42. The van der Waals surface area contributed by atoms with Crippen LogP contribution in [0.15, 0.2) is 17.6 Å². The first-order valence-electron chi connectivity index (χ1n) is 5.95. The number of hydrogen-bond acceptors (Lipinski definition) is 7. The molecule has 2 rings (SSSR count). The summed E-state index contributed by atoms with van der Waals surface area (Å²) in [7, 11) is 1.72. The molecule has 0 fully saturated rings. The van der Waals surface area contributed by atoms with Gasteiger partial charge in [-0.05, 0) is 6.92 Å². The van der Waals surface area contributed by atoms with E-state index in [1.54, 1.807) is 11.9 Å². The highest BCUT2D eigenvalue weighted by molar-refractivity contribution is 7.09. The van der Waals surface area contributed by atoms with E-state index in [-0.39, 0.29) is 11.3 Å². The van der Waals surface area contributed by atoms with Crippen molar-refractivity contribution in [2.45, 2.75) is 13.5 Å². The summed E-state index contributed by atoms with van der Waals surface area (Å²) in [4.78, 5) is 31.6. The predicted molar refractivity (Wildman–Crippen MR) is 78.4 cm³/mol. The number of anilines is 1. The van der Waals surface area contributed by atoms with Crippen LogP contribution in [0.25, 0.3) is 0 Å². The van der Waals surface area contributed by atoms with Gasteiger partial charge >= 0.3 is 0 Å². The van der Waals surface area contributed by atoms with Gasteiger partial charge in [0.25, 0.3) is 11.6 Å². The largest absolute Gasteiger partial charge is 0.365 e. The Kier molecular flexibility index (Phi) is 4.13. The number of thiazole rings is 1. The van der Waals surface area contributed by atoms with Crippen molar-refractivity contribution in [2.24, 2.45) is 5.73 Å². The standard InChI is InChI=1S/C12H13N5O3S/c1-7-6-21-10(15-7)5-16(2)12-9(11(13)18)3-8(4-14-12)17(19)20/h3-4,6H,5H2,1-2H3,(H2,13,18). The highest BCUT2D eigenvalue weighted by Gasteiger charge is 2.19. The third-order valence-corrected chi connectivity index (χ3v) is 3.68. The van der Waals surface area contributed by atoms with Gasteiger partial charge in [-0.25, -0.2) is 9.97 Å². The van der Waals surface area contributed by atoms with Gasteiger partial charge in [-0.3, -0.25) is 14.9 Å². The first-order chi connectivity index (χ1) is 9.88. The Morgan fingerprint density at radius 1 is 1.57 bits per heavy atom. The fourth-order valence-corrected chi connectivity index (χ4v) is 2.61. The molecule has 2 heterocycles. The van der Waals surface area contributed by atoms with E-state index in [4.69, 9.17) is 5.73 Å². The van der Waals surface area contributed by atoms with E-state index in [1.165, 1.54) is 11.3 Å². The summed E-state index contributed by atoms with van der Waals surface area (Å²) in [5.74, 6) is -0.468. The van der Waals surface area contributed by atoms with Crippen LogP contribution in [0.1, 0.15) is 21.1 Å². The number of carbonyl (C=O) groups is 1. The summed E-state index contributed by atoms with van der Waals surface area (Å²) in [5.41, 5.74) is 5.93. The molecule has 0 radical (unpaired) electrons. The normalized spacial score (nSPS) is 10.4. The van der Waals surface area contributed by atoms with Crippen LogP contribution in [0, 0.1) is 17.0 Å². The third kappa shape index (κ3) is 3.31. The monoisotopic (exact) mass is 307 g/mol. The van der Waals surface area contributed by atoms with Gasteiger partial charge in [-0.1, -0.05) is 0 Å². The topological polar surface area (TPSA) is 115 Å². The molecule has 0 aliphatic carbocycles. The lowest BCUT2D eigenvalue weighted by molar-refractivity contribution is -0.385. The maximum absolute atomic E-state index is 11.5. The van der Waals surface area contributed by atoms with E-state index < -0.39 is 10.8 Å². The lowest BCUT2D eigenvalue weighted by Gasteiger charge is -2.18. The number of rotatable bonds is 5. The number of nitrogens with zero attached hydrogens (tertiary/aromatic N) is 4. The van der Waals surface area contributed by atoms with Crippen LogP contribution in [-0.2, 0) is 6.54 Å². The van der Waals surface area contributed by atoms with Crippen molar-refractivity contribution in [3.63, 3.8) is 0 Å². The molecule has 21 heavy (non-hydrogen) atoms. The number of primary amides is 1. The van der Waals surface area contributed by atoms with Gasteiger partial charge in [-0.15, -0.1) is 11.3 Å². The number of amides is 1. The van der Waals surface area contributed by atoms with E-state index in [0.717, 1.165) is 23.0 Å². The molecule has 0 saturated heterocycles. The van der Waals surface area contributed by atoms with Crippen LogP contribution >= 0.6 is 11.3 Å². The molecule has 8 nitrogen and oxygen atoms in total. The van der Waals surface area contributed by atoms with Crippen LogP contribution in [0.3, 0.4) is 0 Å². The van der Waals surface area contributed by atoms with Gasteiger partial charge in [0.1, 0.15) is 17.0 Å². The summed E-state index contributed by atoms with van der Waals surface area (Å²) in [6.45, 7) is 2.32. The molecule has 0 aliphatic rings. The van der Waals surface area contributed by atoms with Crippen LogP contribution in [-0.4, -0.2) is 27.8 Å². The van der Waals surface area contributed by atoms with Crippen LogP contribution in [0.5, 0.6) is 0 Å². The smallest absolute Gasteiger partial charge is 0.288 e. The highest BCUT2D eigenvalue weighted by atomic mass is 32.1. The van der Waals surface area contributed by atoms with Crippen molar-refractivity contribution in [3.8, 4) is 0 Å². The van der Waals surface area contributed by atoms with E-state index in [1.807, 2.05) is 12.3 Å². The number of nitrogens with two attached hydrogens (primary N) is 1. The quantitative estimate of drug-likeness (QED) is 0.661. The summed E-state index contributed by atoms with van der Waals surface area (Å²) in [5, 5.41) is 13.5. The summed E-state index contributed by atoms with van der Waals surface area (Å²) in [6, 6.07) is 1.13. The molecule has 0 atom stereocenters. The number of nitro groups is 1. The van der Waals surface area contributed by atoms with E-state index in [0.29, 0.717) is 12.4 Å². The summed E-state index contributed by atoms with van der Waals surface area (Å²) >= 11 is 1.49. The molecule has 2 aromatic rings. The average molecular weight is 307 g/mol. The van der Waals surface area contributed by atoms with Gasteiger partial charge in [-0.2, -0.15) is 0 Å². The van der Waals surface area contributed by atoms with Gasteiger partial charge in [0.05, 0.1) is 17.0 Å². The lowest BCUT2D eigenvalue weighted by atomic mass is 10.2. The van der Waals surface area contributed by atoms with Crippen molar-refractivity contribution < 1.29 is 9.72 Å². The van der Waals surface area contributed by atoms with E-state index >= 15 is 0 Å². The molecule has 2 aromatic heterocycles. The second-order valence-corrected chi connectivity index (χ2v) is 5.37. The van der Waals surface area contributed by atoms with E-state index in [2.05, 4.69) is 9.97 Å². The van der Waals surface area contributed by atoms with Crippen LogP contribution in [0.2, 0.25) is 0 Å². The van der Waals surface area contributed by atoms with Crippen molar-refractivity contribution in [1.29, 1.82) is 0 Å². The van der Waals surface area contributed by atoms with Crippen molar-refractivity contribution in [3.05, 3.63) is 44.0 Å². The highest BCUT2D eigenvalue weighted by Crippen LogP contribution is 2.23. The predicted octanol–water partition coefficient (Wildman–Crippen LogP) is 1.49. The minimum absolute atomic E-state index is 0.0139. The Hall–Kier alpha value is -2.55. The first kappa shape index (κ1) is 14.9. The molecule has 0 saturated carbocycles. The first-order valence-corrected chi connectivity index (χ1v) is 6.83. The molecule has 0 spiro atoms. The van der Waals surface area contributed by atoms with Crippen LogP contribution in [0.4, 0.5) is 11.5 Å². The van der Waals surface area contributed by atoms with Gasteiger partial charge < -0.3 is 10.6 Å². The van der Waals surface area contributed by atoms with Crippen molar-refractivity contribution >= 4 is 28.7 Å². The number of aryl methyl sites for hydroxylation is 1.